The van der Waals surface area contributed by atoms with Gasteiger partial charge in [-0.25, -0.2) is 4.79 Å². The minimum Gasteiger partial charge on any atom is -0.453 e. The van der Waals surface area contributed by atoms with Crippen molar-refractivity contribution >= 4 is 36.0 Å². The van der Waals surface area contributed by atoms with Gasteiger partial charge in [0.2, 0.25) is 11.8 Å². The van der Waals surface area contributed by atoms with Crippen molar-refractivity contribution in [1.82, 2.24) is 10.6 Å². The van der Waals surface area contributed by atoms with Crippen molar-refractivity contribution < 1.29 is 24.2 Å². The van der Waals surface area contributed by atoms with Gasteiger partial charge in [0, 0.05) is 36.7 Å². The van der Waals surface area contributed by atoms with Crippen molar-refractivity contribution in [3.8, 4) is 0 Å². The molecule has 0 spiro atoms. The highest BCUT2D eigenvalue weighted by atomic mass is 35.5. The minimum absolute atomic E-state index is 0. The Labute approximate surface area is 214 Å². The first kappa shape index (κ1) is 30.7. The van der Waals surface area contributed by atoms with Crippen molar-refractivity contribution in [3.63, 3.8) is 0 Å². The Bertz CT molecular complexity index is 887. The lowest BCUT2D eigenvalue weighted by molar-refractivity contribution is -0.129. The molecule has 1 aromatic rings. The standard InChI is InChI=1S/C25H40N4O5.ClH/c1-24(2,3)22(32)27-14-20(30)18(26)12-25(4,5)13-21(31)29-15-17(28-23(33)34-6)11-16-9-7-8-10-19(16)29;/h7-10,17-18,20,30H,11-15,26H2,1-6H3,(H,27,32)(H,28,33);1H/t17?,18-,20-;/m0./s1. The second-order valence-corrected chi connectivity index (χ2v) is 10.9. The van der Waals surface area contributed by atoms with Crippen LogP contribution in [0.15, 0.2) is 24.3 Å². The third-order valence-electron chi connectivity index (χ3n) is 6.03. The van der Waals surface area contributed by atoms with E-state index in [0.717, 1.165) is 11.3 Å². The number of fused-ring (bicyclic) bond motifs is 1. The molecule has 1 unspecified atom stereocenters. The number of hydrogen-bond acceptors (Lipinski definition) is 6. The fourth-order valence-electron chi connectivity index (χ4n) is 4.12. The second-order valence-electron chi connectivity index (χ2n) is 10.9. The molecule has 0 saturated carbocycles. The van der Waals surface area contributed by atoms with Crippen LogP contribution in [0.25, 0.3) is 0 Å². The van der Waals surface area contributed by atoms with Gasteiger partial charge in [-0.15, -0.1) is 12.4 Å². The van der Waals surface area contributed by atoms with Crippen LogP contribution in [0.5, 0.6) is 0 Å². The van der Waals surface area contributed by atoms with Crippen molar-refractivity contribution in [1.29, 1.82) is 0 Å². The van der Waals surface area contributed by atoms with Gasteiger partial charge in [-0.05, 0) is 29.9 Å². The molecule has 0 radical (unpaired) electrons. The molecule has 0 aromatic heterocycles. The van der Waals surface area contributed by atoms with Gasteiger partial charge in [0.15, 0.2) is 0 Å². The number of nitrogens with zero attached hydrogens (tertiary/aromatic N) is 1. The van der Waals surface area contributed by atoms with Gasteiger partial charge in [0.25, 0.3) is 0 Å². The maximum atomic E-state index is 13.4. The van der Waals surface area contributed by atoms with E-state index in [2.05, 4.69) is 10.6 Å². The summed E-state index contributed by atoms with van der Waals surface area (Å²) in [5.41, 5.74) is 6.99. The summed E-state index contributed by atoms with van der Waals surface area (Å²) in [4.78, 5) is 38.9. The highest BCUT2D eigenvalue weighted by Gasteiger charge is 2.34. The van der Waals surface area contributed by atoms with E-state index in [1.165, 1.54) is 7.11 Å². The van der Waals surface area contributed by atoms with E-state index in [1.54, 1.807) is 25.7 Å². The number of nitrogens with two attached hydrogens (primary N) is 1. The van der Waals surface area contributed by atoms with E-state index in [4.69, 9.17) is 10.5 Å². The summed E-state index contributed by atoms with van der Waals surface area (Å²) in [7, 11) is 1.31. The molecule has 198 valence electrons. The minimum atomic E-state index is -0.926. The maximum absolute atomic E-state index is 13.4. The zero-order valence-electron chi connectivity index (χ0n) is 21.6. The van der Waals surface area contributed by atoms with E-state index >= 15 is 0 Å². The Balaban J connectivity index is 0.00000612. The number of methoxy groups -OCH3 is 1. The summed E-state index contributed by atoms with van der Waals surface area (Å²) in [6.45, 7) is 9.67. The fourth-order valence-corrected chi connectivity index (χ4v) is 4.12. The third kappa shape index (κ3) is 8.98. The van der Waals surface area contributed by atoms with Crippen LogP contribution in [0.1, 0.15) is 53.0 Å². The van der Waals surface area contributed by atoms with Gasteiger partial charge >= 0.3 is 6.09 Å². The van der Waals surface area contributed by atoms with Crippen LogP contribution >= 0.6 is 12.4 Å². The highest BCUT2D eigenvalue weighted by Crippen LogP contribution is 2.32. The molecule has 0 aliphatic carbocycles. The number of benzene rings is 1. The number of alkyl carbamates (subject to hydrolysis) is 1. The molecule has 1 aliphatic heterocycles. The lowest BCUT2D eigenvalue weighted by Gasteiger charge is -2.37. The van der Waals surface area contributed by atoms with Crippen molar-refractivity contribution in [3.05, 3.63) is 29.8 Å². The molecule has 2 rings (SSSR count). The zero-order chi connectivity index (χ0) is 25.7. The molecular weight excluding hydrogens is 472 g/mol. The van der Waals surface area contributed by atoms with Crippen LogP contribution in [0.4, 0.5) is 10.5 Å². The summed E-state index contributed by atoms with van der Waals surface area (Å²) < 4.78 is 4.72. The zero-order valence-corrected chi connectivity index (χ0v) is 22.4. The van der Waals surface area contributed by atoms with Gasteiger partial charge in [-0.1, -0.05) is 52.8 Å². The molecule has 1 aliphatic rings. The lowest BCUT2D eigenvalue weighted by atomic mass is 9.80. The molecule has 9 nitrogen and oxygen atoms in total. The monoisotopic (exact) mass is 512 g/mol. The predicted octanol–water partition coefficient (Wildman–Crippen LogP) is 2.38. The number of carbonyl (C=O) groups excluding carboxylic acids is 3. The number of amides is 3. The summed E-state index contributed by atoms with van der Waals surface area (Å²) in [6, 6.07) is 6.78. The highest BCUT2D eigenvalue weighted by molar-refractivity contribution is 5.95. The van der Waals surface area contributed by atoms with Crippen molar-refractivity contribution in [2.75, 3.05) is 25.1 Å². The molecule has 5 N–H and O–H groups in total. The number of carbonyl (C=O) groups is 3. The Morgan fingerprint density at radius 1 is 1.20 bits per heavy atom. The van der Waals surface area contributed by atoms with Gasteiger partial charge in [0.05, 0.1) is 19.3 Å². The first-order valence-corrected chi connectivity index (χ1v) is 11.7. The van der Waals surface area contributed by atoms with Crippen LogP contribution in [-0.4, -0.2) is 61.4 Å². The Morgan fingerprint density at radius 2 is 1.83 bits per heavy atom. The number of rotatable bonds is 8. The van der Waals surface area contributed by atoms with Crippen molar-refractivity contribution in [2.24, 2.45) is 16.6 Å². The molecule has 0 saturated heterocycles. The number of nitrogens with one attached hydrogen (secondary N) is 2. The van der Waals surface area contributed by atoms with Crippen LogP contribution in [0, 0.1) is 10.8 Å². The number of hydrogen-bond donors (Lipinski definition) is 4. The smallest absolute Gasteiger partial charge is 0.407 e. The number of aliphatic hydroxyl groups excluding tert-OH is 1. The SMILES string of the molecule is COC(=O)NC1Cc2ccccc2N(C(=O)CC(C)(C)C[C@H](N)[C@@H](O)CNC(=O)C(C)(C)C)C1.Cl. The summed E-state index contributed by atoms with van der Waals surface area (Å²) in [5.74, 6) is -0.247. The number of anilines is 1. The van der Waals surface area contributed by atoms with Crippen LogP contribution < -0.4 is 21.3 Å². The van der Waals surface area contributed by atoms with Gasteiger partial charge in [-0.3, -0.25) is 9.59 Å². The van der Waals surface area contributed by atoms with E-state index in [9.17, 15) is 19.5 Å². The molecule has 0 fully saturated rings. The largest absolute Gasteiger partial charge is 0.453 e. The number of ether oxygens (including phenoxy) is 1. The molecule has 3 atom stereocenters. The maximum Gasteiger partial charge on any atom is 0.407 e. The van der Waals surface area contributed by atoms with E-state index < -0.39 is 29.1 Å². The number of para-hydroxylation sites is 1. The normalized spacial score (nSPS) is 17.4. The van der Waals surface area contributed by atoms with Gasteiger partial charge in [-0.2, -0.15) is 0 Å². The third-order valence-corrected chi connectivity index (χ3v) is 6.03. The molecule has 1 heterocycles. The Kier molecular flexibility index (Phi) is 11.0. The Morgan fingerprint density at radius 3 is 2.43 bits per heavy atom. The summed E-state index contributed by atoms with van der Waals surface area (Å²) >= 11 is 0. The molecular formula is C25H41ClN4O5. The van der Waals surface area contributed by atoms with Crippen LogP contribution in [-0.2, 0) is 20.7 Å². The van der Waals surface area contributed by atoms with E-state index in [-0.39, 0.29) is 43.2 Å². The average Bonchev–Trinajstić information content (AvgIpc) is 2.74. The quantitative estimate of drug-likeness (QED) is 0.422. The van der Waals surface area contributed by atoms with E-state index in [1.807, 2.05) is 38.1 Å². The summed E-state index contributed by atoms with van der Waals surface area (Å²) in [6.07, 6.45) is -0.248. The van der Waals surface area contributed by atoms with E-state index in [0.29, 0.717) is 19.4 Å². The fraction of sp³-hybridized carbons (Fsp3) is 0.640. The lowest BCUT2D eigenvalue weighted by Crippen LogP contribution is -2.51. The van der Waals surface area contributed by atoms with Crippen molar-refractivity contribution in [2.45, 2.75) is 72.1 Å². The van der Waals surface area contributed by atoms with Crippen LogP contribution in [0.2, 0.25) is 0 Å². The van der Waals surface area contributed by atoms with Crippen LogP contribution in [0.3, 0.4) is 0 Å². The van der Waals surface area contributed by atoms with Gasteiger partial charge in [0.1, 0.15) is 0 Å². The molecule has 1 aromatic carbocycles. The number of aliphatic hydroxyl groups is 1. The predicted molar refractivity (Wildman–Crippen MR) is 139 cm³/mol. The first-order chi connectivity index (χ1) is 15.7. The first-order valence-electron chi connectivity index (χ1n) is 11.7. The number of halogens is 1. The molecule has 3 amide bonds. The molecule has 0 bridgehead atoms. The average molecular weight is 513 g/mol. The Hall–Kier alpha value is -2.36. The topological polar surface area (TPSA) is 134 Å². The molecule has 10 heteroatoms. The molecule has 35 heavy (non-hydrogen) atoms. The van der Waals surface area contributed by atoms with Gasteiger partial charge < -0.3 is 31.1 Å². The second kappa shape index (κ2) is 12.6. The summed E-state index contributed by atoms with van der Waals surface area (Å²) in [5, 5.41) is 16.0.